The summed E-state index contributed by atoms with van der Waals surface area (Å²) in [4.78, 5) is 29.2. The van der Waals surface area contributed by atoms with Gasteiger partial charge in [-0.3, -0.25) is 19.3 Å². The molecule has 0 aromatic carbocycles. The molecule has 18 heavy (non-hydrogen) atoms. The summed E-state index contributed by atoms with van der Waals surface area (Å²) in [5, 5.41) is 17.9. The van der Waals surface area contributed by atoms with Gasteiger partial charge in [0.05, 0.1) is 17.8 Å². The minimum atomic E-state index is -0.486. The number of aliphatic hydroxyl groups is 2. The number of nitrogens with zero attached hydrogens (tertiary/aromatic N) is 2. The van der Waals surface area contributed by atoms with Gasteiger partial charge in [-0.1, -0.05) is 0 Å². The van der Waals surface area contributed by atoms with E-state index in [-0.39, 0.29) is 19.1 Å². The van der Waals surface area contributed by atoms with E-state index in [0.717, 1.165) is 0 Å². The van der Waals surface area contributed by atoms with Gasteiger partial charge in [-0.05, 0) is 6.42 Å². The Hall–Kier alpha value is -1.73. The second-order valence-electron chi connectivity index (χ2n) is 4.28. The lowest BCUT2D eigenvalue weighted by Crippen LogP contribution is -2.33. The topological polar surface area (TPSA) is 108 Å². The van der Waals surface area contributed by atoms with Crippen molar-refractivity contribution >= 4 is 5.71 Å². The second-order valence-corrected chi connectivity index (χ2v) is 4.28. The van der Waals surface area contributed by atoms with Gasteiger partial charge in [0.25, 0.3) is 5.56 Å². The van der Waals surface area contributed by atoms with Gasteiger partial charge in [0.2, 0.25) is 0 Å². The first-order chi connectivity index (χ1) is 8.65. The fourth-order valence-corrected chi connectivity index (χ4v) is 1.65. The summed E-state index contributed by atoms with van der Waals surface area (Å²) >= 11 is 0. The van der Waals surface area contributed by atoms with Crippen LogP contribution in [0.15, 0.2) is 20.8 Å². The number of H-pyrrole nitrogens is 1. The van der Waals surface area contributed by atoms with Crippen molar-refractivity contribution in [1.29, 1.82) is 0 Å². The first kappa shape index (κ1) is 12.7. The fourth-order valence-electron chi connectivity index (χ4n) is 1.65. The zero-order valence-electron chi connectivity index (χ0n) is 9.80. The lowest BCUT2D eigenvalue weighted by molar-refractivity contribution is 0.140. The van der Waals surface area contributed by atoms with Gasteiger partial charge in [0.15, 0.2) is 0 Å². The zero-order chi connectivity index (χ0) is 13.1. The van der Waals surface area contributed by atoms with E-state index in [1.807, 2.05) is 0 Å². The minimum Gasteiger partial charge on any atom is -0.396 e. The van der Waals surface area contributed by atoms with Crippen LogP contribution in [0.2, 0.25) is 0 Å². The molecule has 0 radical (unpaired) electrons. The van der Waals surface area contributed by atoms with Crippen molar-refractivity contribution in [1.82, 2.24) is 9.55 Å². The van der Waals surface area contributed by atoms with E-state index >= 15 is 0 Å². The average molecular weight is 253 g/mol. The largest absolute Gasteiger partial charge is 0.396 e. The van der Waals surface area contributed by atoms with Crippen molar-refractivity contribution in [3.8, 4) is 0 Å². The Kier molecular flexibility index (Phi) is 3.73. The molecular formula is C11H15N3O4. The minimum absolute atomic E-state index is 0.131. The first-order valence-corrected chi connectivity index (χ1v) is 5.75. The SMILES string of the molecule is O=c1[nH]c(=O)n(CCC(CO)CO)cc1C1=NC1. The number of aliphatic hydroxyl groups excluding tert-OH is 2. The molecule has 0 amide bonds. The maximum atomic E-state index is 11.6. The number of aromatic amines is 1. The number of nitrogens with one attached hydrogen (secondary N) is 1. The molecule has 1 aliphatic rings. The van der Waals surface area contributed by atoms with Crippen LogP contribution in [0, 0.1) is 5.92 Å². The molecule has 2 heterocycles. The third kappa shape index (κ3) is 2.74. The molecule has 0 unspecified atom stereocenters. The van der Waals surface area contributed by atoms with Crippen LogP contribution < -0.4 is 11.2 Å². The van der Waals surface area contributed by atoms with Crippen LogP contribution in [0.4, 0.5) is 0 Å². The van der Waals surface area contributed by atoms with Gasteiger partial charge in [0, 0.05) is 31.9 Å². The molecule has 3 N–H and O–H groups in total. The van der Waals surface area contributed by atoms with Gasteiger partial charge in [0.1, 0.15) is 0 Å². The predicted octanol–water partition coefficient (Wildman–Crippen LogP) is -1.67. The van der Waals surface area contributed by atoms with E-state index in [9.17, 15) is 9.59 Å². The molecule has 98 valence electrons. The highest BCUT2D eigenvalue weighted by atomic mass is 16.3. The van der Waals surface area contributed by atoms with E-state index < -0.39 is 11.2 Å². The second kappa shape index (κ2) is 5.28. The number of rotatable bonds is 6. The molecule has 1 aromatic rings. The first-order valence-electron chi connectivity index (χ1n) is 5.75. The molecule has 7 nitrogen and oxygen atoms in total. The summed E-state index contributed by atoms with van der Waals surface area (Å²) < 4.78 is 1.37. The number of aromatic nitrogens is 2. The van der Waals surface area contributed by atoms with Crippen LogP contribution in [-0.2, 0) is 6.54 Å². The van der Waals surface area contributed by atoms with Gasteiger partial charge in [-0.25, -0.2) is 4.79 Å². The molecule has 7 heteroatoms. The molecule has 0 bridgehead atoms. The zero-order valence-corrected chi connectivity index (χ0v) is 9.80. The van der Waals surface area contributed by atoms with Gasteiger partial charge < -0.3 is 10.2 Å². The Labute approximate surface area is 102 Å². The summed E-state index contributed by atoms with van der Waals surface area (Å²) in [5.41, 5.74) is 0.206. The highest BCUT2D eigenvalue weighted by Gasteiger charge is 2.18. The number of hydrogen-bond donors (Lipinski definition) is 3. The third-order valence-corrected chi connectivity index (χ3v) is 2.93. The Morgan fingerprint density at radius 1 is 1.39 bits per heavy atom. The lowest BCUT2D eigenvalue weighted by Gasteiger charge is -2.11. The van der Waals surface area contributed by atoms with Crippen molar-refractivity contribution in [2.75, 3.05) is 19.8 Å². The van der Waals surface area contributed by atoms with Gasteiger partial charge in [-0.15, -0.1) is 0 Å². The van der Waals surface area contributed by atoms with E-state index in [0.29, 0.717) is 30.8 Å². The molecule has 0 atom stereocenters. The van der Waals surface area contributed by atoms with Crippen LogP contribution in [0.3, 0.4) is 0 Å². The van der Waals surface area contributed by atoms with Crippen LogP contribution in [0.1, 0.15) is 12.0 Å². The quantitative estimate of drug-likeness (QED) is 0.563. The molecule has 1 aromatic heterocycles. The van der Waals surface area contributed by atoms with Crippen LogP contribution in [-0.4, -0.2) is 45.2 Å². The molecule has 0 spiro atoms. The smallest absolute Gasteiger partial charge is 0.328 e. The molecule has 0 aliphatic carbocycles. The predicted molar refractivity (Wildman–Crippen MR) is 65.0 cm³/mol. The molecule has 1 aliphatic heterocycles. The Morgan fingerprint density at radius 3 is 2.61 bits per heavy atom. The molecule has 0 saturated heterocycles. The summed E-state index contributed by atoms with van der Waals surface area (Å²) in [5.74, 6) is -0.259. The molecular weight excluding hydrogens is 238 g/mol. The maximum absolute atomic E-state index is 11.6. The molecule has 0 fully saturated rings. The number of aliphatic imine (C=N–C) groups is 1. The number of aryl methyl sites for hydroxylation is 1. The normalized spacial score (nSPS) is 13.8. The summed E-state index contributed by atoms with van der Waals surface area (Å²) in [6.07, 6.45) is 1.95. The summed E-state index contributed by atoms with van der Waals surface area (Å²) in [6, 6.07) is 0. The average Bonchev–Trinajstić information content (AvgIpc) is 3.17. The number of hydrogen-bond acceptors (Lipinski definition) is 5. The van der Waals surface area contributed by atoms with Gasteiger partial charge >= 0.3 is 5.69 Å². The Bertz CT molecular complexity index is 568. The molecule has 0 saturated carbocycles. The Balaban J connectivity index is 2.17. The van der Waals surface area contributed by atoms with Crippen molar-refractivity contribution in [3.63, 3.8) is 0 Å². The van der Waals surface area contributed by atoms with Gasteiger partial charge in [-0.2, -0.15) is 0 Å². The van der Waals surface area contributed by atoms with Crippen LogP contribution >= 0.6 is 0 Å². The summed E-state index contributed by atoms with van der Waals surface area (Å²) in [7, 11) is 0. The highest BCUT2D eigenvalue weighted by Crippen LogP contribution is 2.06. The lowest BCUT2D eigenvalue weighted by atomic mass is 10.1. The van der Waals surface area contributed by atoms with E-state index in [1.54, 1.807) is 0 Å². The van der Waals surface area contributed by atoms with Crippen molar-refractivity contribution < 1.29 is 10.2 Å². The van der Waals surface area contributed by atoms with Crippen molar-refractivity contribution in [3.05, 3.63) is 32.6 Å². The van der Waals surface area contributed by atoms with Crippen molar-refractivity contribution in [2.24, 2.45) is 10.9 Å². The fraction of sp³-hybridized carbons (Fsp3) is 0.545. The maximum Gasteiger partial charge on any atom is 0.328 e. The summed E-state index contributed by atoms with van der Waals surface area (Å²) in [6.45, 7) is 0.612. The third-order valence-electron chi connectivity index (χ3n) is 2.93. The highest BCUT2D eigenvalue weighted by molar-refractivity contribution is 6.09. The van der Waals surface area contributed by atoms with E-state index in [2.05, 4.69) is 9.98 Å². The van der Waals surface area contributed by atoms with Crippen LogP contribution in [0.25, 0.3) is 0 Å². The molecule has 2 rings (SSSR count). The van der Waals surface area contributed by atoms with Crippen LogP contribution in [0.5, 0.6) is 0 Å². The monoisotopic (exact) mass is 253 g/mol. The Morgan fingerprint density at radius 2 is 2.06 bits per heavy atom. The van der Waals surface area contributed by atoms with E-state index in [4.69, 9.17) is 10.2 Å². The standard InChI is InChI=1S/C11H15N3O4/c15-5-7(6-16)1-2-14-4-8(9-3-12-9)10(17)13-11(14)18/h4,7,15-16H,1-3,5-6H2,(H,13,17,18). The van der Waals surface area contributed by atoms with E-state index in [1.165, 1.54) is 10.8 Å². The van der Waals surface area contributed by atoms with Crippen molar-refractivity contribution in [2.45, 2.75) is 13.0 Å².